The van der Waals surface area contributed by atoms with Crippen molar-refractivity contribution >= 4 is 17.6 Å². The molecule has 0 aliphatic heterocycles. The molecule has 0 heterocycles. The summed E-state index contributed by atoms with van der Waals surface area (Å²) in [5.74, 6) is -0.880. The monoisotopic (exact) mass is 252 g/mol. The Kier molecular flexibility index (Phi) is 3.72. The summed E-state index contributed by atoms with van der Waals surface area (Å²) in [5.41, 5.74) is 0.709. The first kappa shape index (κ1) is 12.4. The van der Waals surface area contributed by atoms with E-state index >= 15 is 0 Å². The van der Waals surface area contributed by atoms with Crippen LogP contribution in [0, 0.1) is 5.92 Å². The number of hydrogen-bond acceptors (Lipinski definition) is 1. The molecular formula is C14H17ClO2. The van der Waals surface area contributed by atoms with Crippen molar-refractivity contribution < 1.29 is 9.90 Å². The zero-order valence-corrected chi connectivity index (χ0v) is 10.5. The molecule has 1 fully saturated rings. The highest BCUT2D eigenvalue weighted by atomic mass is 35.5. The number of aliphatic carboxylic acids is 1. The van der Waals surface area contributed by atoms with Crippen LogP contribution in [0.5, 0.6) is 0 Å². The molecule has 1 aliphatic carbocycles. The number of halogens is 1. The van der Waals surface area contributed by atoms with E-state index in [2.05, 4.69) is 0 Å². The summed E-state index contributed by atoms with van der Waals surface area (Å²) in [6, 6.07) is 9.20. The Morgan fingerprint density at radius 2 is 1.76 bits per heavy atom. The predicted molar refractivity (Wildman–Crippen MR) is 68.2 cm³/mol. The van der Waals surface area contributed by atoms with Crippen molar-refractivity contribution in [2.24, 2.45) is 5.92 Å². The van der Waals surface area contributed by atoms with Gasteiger partial charge < -0.3 is 5.11 Å². The van der Waals surface area contributed by atoms with E-state index < -0.39 is 10.8 Å². The first-order chi connectivity index (χ1) is 8.15. The summed E-state index contributed by atoms with van der Waals surface area (Å²) in [7, 11) is 0. The molecule has 0 bridgehead atoms. The first-order valence-electron chi connectivity index (χ1n) is 6.13. The summed E-state index contributed by atoms with van der Waals surface area (Å²) < 4.78 is 0. The molecule has 0 spiro atoms. The summed E-state index contributed by atoms with van der Waals surface area (Å²) in [4.78, 5) is 10.3. The molecule has 1 aliphatic rings. The van der Waals surface area contributed by atoms with Gasteiger partial charge in [-0.15, -0.1) is 11.6 Å². The molecule has 1 aromatic rings. The fourth-order valence-electron chi connectivity index (χ4n) is 2.71. The van der Waals surface area contributed by atoms with Gasteiger partial charge in [0.15, 0.2) is 4.87 Å². The Morgan fingerprint density at radius 3 is 2.29 bits per heavy atom. The van der Waals surface area contributed by atoms with Gasteiger partial charge in [-0.1, -0.05) is 49.6 Å². The molecule has 1 unspecified atom stereocenters. The topological polar surface area (TPSA) is 37.3 Å². The Hall–Kier alpha value is -1.02. The van der Waals surface area contributed by atoms with E-state index in [1.54, 1.807) is 0 Å². The standard InChI is InChI=1S/C14H17ClO2/c15-14(13(16)17,11-7-3-1-4-8-11)12-9-5-2-6-10-12/h1,3-4,7-8,12H,2,5-6,9-10H2,(H,16,17). The lowest BCUT2D eigenvalue weighted by Gasteiger charge is -2.34. The van der Waals surface area contributed by atoms with E-state index in [1.807, 2.05) is 30.3 Å². The lowest BCUT2D eigenvalue weighted by atomic mass is 9.76. The lowest BCUT2D eigenvalue weighted by molar-refractivity contribution is -0.142. The lowest BCUT2D eigenvalue weighted by Crippen LogP contribution is -2.38. The molecule has 2 nitrogen and oxygen atoms in total. The van der Waals surface area contributed by atoms with Gasteiger partial charge in [0.2, 0.25) is 0 Å². The van der Waals surface area contributed by atoms with E-state index in [4.69, 9.17) is 11.6 Å². The van der Waals surface area contributed by atoms with Crippen LogP contribution in [-0.4, -0.2) is 11.1 Å². The minimum absolute atomic E-state index is 0.0396. The van der Waals surface area contributed by atoms with Gasteiger partial charge in [-0.2, -0.15) is 0 Å². The third kappa shape index (κ3) is 2.32. The molecule has 0 saturated heterocycles. The van der Waals surface area contributed by atoms with Gasteiger partial charge in [-0.3, -0.25) is 0 Å². The van der Waals surface area contributed by atoms with Gasteiger partial charge >= 0.3 is 5.97 Å². The number of carboxylic acid groups (broad SMARTS) is 1. The molecule has 17 heavy (non-hydrogen) atoms. The highest BCUT2D eigenvalue weighted by Crippen LogP contribution is 2.44. The molecular weight excluding hydrogens is 236 g/mol. The van der Waals surface area contributed by atoms with Gasteiger partial charge in [-0.05, 0) is 24.3 Å². The largest absolute Gasteiger partial charge is 0.480 e. The summed E-state index contributed by atoms with van der Waals surface area (Å²) in [5, 5.41) is 9.51. The molecule has 0 radical (unpaired) electrons. The molecule has 3 heteroatoms. The second kappa shape index (κ2) is 5.09. The molecule has 92 valence electrons. The van der Waals surface area contributed by atoms with Crippen molar-refractivity contribution in [3.05, 3.63) is 35.9 Å². The molecule has 1 atom stereocenters. The maximum Gasteiger partial charge on any atom is 0.329 e. The number of rotatable bonds is 3. The van der Waals surface area contributed by atoms with E-state index in [1.165, 1.54) is 6.42 Å². The predicted octanol–water partition coefficient (Wildman–Crippen LogP) is 3.79. The number of alkyl halides is 1. The zero-order valence-electron chi connectivity index (χ0n) is 9.73. The van der Waals surface area contributed by atoms with Crippen molar-refractivity contribution in [1.29, 1.82) is 0 Å². The average Bonchev–Trinajstić information content (AvgIpc) is 2.39. The fourth-order valence-corrected chi connectivity index (χ4v) is 3.06. The van der Waals surface area contributed by atoms with Crippen molar-refractivity contribution in [2.75, 3.05) is 0 Å². The van der Waals surface area contributed by atoms with Crippen LogP contribution in [0.1, 0.15) is 37.7 Å². The smallest absolute Gasteiger partial charge is 0.329 e. The first-order valence-corrected chi connectivity index (χ1v) is 6.51. The highest BCUT2D eigenvalue weighted by molar-refractivity contribution is 6.33. The Morgan fingerprint density at radius 1 is 1.18 bits per heavy atom. The van der Waals surface area contributed by atoms with Gasteiger partial charge in [0.1, 0.15) is 0 Å². The van der Waals surface area contributed by atoms with Crippen LogP contribution >= 0.6 is 11.6 Å². The Labute approximate surface area is 107 Å². The van der Waals surface area contributed by atoms with E-state index in [9.17, 15) is 9.90 Å². The van der Waals surface area contributed by atoms with Crippen LogP contribution < -0.4 is 0 Å². The second-order valence-corrected chi connectivity index (χ2v) is 5.31. The third-order valence-corrected chi connectivity index (χ3v) is 4.36. The molecule has 1 aromatic carbocycles. The SMILES string of the molecule is O=C(O)C(Cl)(c1ccccc1)C1CCCCC1. The van der Waals surface area contributed by atoms with Crippen LogP contribution in [0.2, 0.25) is 0 Å². The average molecular weight is 253 g/mol. The summed E-state index contributed by atoms with van der Waals surface area (Å²) in [6.07, 6.45) is 5.17. The van der Waals surface area contributed by atoms with Crippen molar-refractivity contribution in [3.8, 4) is 0 Å². The summed E-state index contributed by atoms with van der Waals surface area (Å²) >= 11 is 6.48. The molecule has 1 N–H and O–H groups in total. The van der Waals surface area contributed by atoms with E-state index in [0.717, 1.165) is 25.7 Å². The van der Waals surface area contributed by atoms with Gasteiger partial charge in [0.25, 0.3) is 0 Å². The highest BCUT2D eigenvalue weighted by Gasteiger charge is 2.45. The maximum atomic E-state index is 11.6. The van der Waals surface area contributed by atoms with Crippen molar-refractivity contribution in [1.82, 2.24) is 0 Å². The quantitative estimate of drug-likeness (QED) is 0.831. The van der Waals surface area contributed by atoms with Gasteiger partial charge in [0.05, 0.1) is 0 Å². The number of carbonyl (C=O) groups is 1. The van der Waals surface area contributed by atoms with Crippen molar-refractivity contribution in [3.63, 3.8) is 0 Å². The van der Waals surface area contributed by atoms with Crippen molar-refractivity contribution in [2.45, 2.75) is 37.0 Å². The van der Waals surface area contributed by atoms with Crippen LogP contribution in [0.4, 0.5) is 0 Å². The van der Waals surface area contributed by atoms with E-state index in [-0.39, 0.29) is 5.92 Å². The third-order valence-electron chi connectivity index (χ3n) is 3.67. The zero-order chi connectivity index (χ0) is 12.3. The second-order valence-electron chi connectivity index (χ2n) is 4.72. The van der Waals surface area contributed by atoms with Crippen LogP contribution in [-0.2, 0) is 9.67 Å². The van der Waals surface area contributed by atoms with Crippen LogP contribution in [0.3, 0.4) is 0 Å². The summed E-state index contributed by atoms with van der Waals surface area (Å²) in [6.45, 7) is 0. The van der Waals surface area contributed by atoms with Gasteiger partial charge in [-0.25, -0.2) is 4.79 Å². The molecule has 1 saturated carbocycles. The molecule has 0 amide bonds. The number of benzene rings is 1. The van der Waals surface area contributed by atoms with Gasteiger partial charge in [0, 0.05) is 0 Å². The normalized spacial score (nSPS) is 20.8. The number of hydrogen-bond donors (Lipinski definition) is 1. The minimum Gasteiger partial charge on any atom is -0.480 e. The Bertz CT molecular complexity index is 384. The number of carboxylic acids is 1. The van der Waals surface area contributed by atoms with Crippen LogP contribution in [0.15, 0.2) is 30.3 Å². The molecule has 2 rings (SSSR count). The fraction of sp³-hybridized carbons (Fsp3) is 0.500. The maximum absolute atomic E-state index is 11.6. The van der Waals surface area contributed by atoms with Crippen LogP contribution in [0.25, 0.3) is 0 Å². The Balaban J connectivity index is 2.35. The molecule has 0 aromatic heterocycles. The minimum atomic E-state index is -1.25. The van der Waals surface area contributed by atoms with E-state index in [0.29, 0.717) is 5.56 Å².